The van der Waals surface area contributed by atoms with Gasteiger partial charge in [-0.2, -0.15) is 12.1 Å². The van der Waals surface area contributed by atoms with Gasteiger partial charge in [-0.05, 0) is 17.8 Å². The van der Waals surface area contributed by atoms with Gasteiger partial charge in [-0.3, -0.25) is 0 Å². The van der Waals surface area contributed by atoms with Gasteiger partial charge in [0.25, 0.3) is 0 Å². The van der Waals surface area contributed by atoms with Crippen LogP contribution < -0.4 is 5.19 Å². The van der Waals surface area contributed by atoms with Crippen molar-refractivity contribution in [2.45, 2.75) is 41.5 Å². The van der Waals surface area contributed by atoms with E-state index >= 15 is 0 Å². The fourth-order valence-electron chi connectivity index (χ4n) is 0.503. The van der Waals surface area contributed by atoms with Crippen LogP contribution in [0.15, 0.2) is 24.3 Å². The van der Waals surface area contributed by atoms with E-state index in [9.17, 15) is 4.11 Å². The quantitative estimate of drug-likeness (QED) is 0.328. The monoisotopic (exact) mass is 515 g/mol. The van der Waals surface area contributed by atoms with Gasteiger partial charge in [-0.15, -0.1) is 5.19 Å². The van der Waals surface area contributed by atoms with E-state index < -0.39 is 9.85 Å². The van der Waals surface area contributed by atoms with E-state index in [-0.39, 0.29) is 25.8 Å². The first-order chi connectivity index (χ1) is 10.2. The second-order valence-electron chi connectivity index (χ2n) is 6.16. The zero-order valence-electron chi connectivity index (χ0n) is 15.6. The van der Waals surface area contributed by atoms with Crippen molar-refractivity contribution in [1.29, 1.82) is 0 Å². The molecule has 3 nitrogen and oxygen atoms in total. The van der Waals surface area contributed by atoms with Crippen molar-refractivity contribution in [3.63, 3.8) is 0 Å². The topological polar surface area (TPSA) is 60.7 Å². The SMILES string of the molecule is CC(C)CO.CC(C)CO.CC(C)CO.F[SiH2][c-]1cccc1.[Hf]. The molecule has 0 saturated heterocycles. The fraction of sp³-hybridized carbons (Fsp3) is 0.706. The van der Waals surface area contributed by atoms with E-state index in [1.165, 1.54) is 0 Å². The van der Waals surface area contributed by atoms with E-state index in [0.29, 0.717) is 37.6 Å². The molecule has 0 heterocycles. The molecule has 138 valence electrons. The van der Waals surface area contributed by atoms with E-state index in [0.717, 1.165) is 5.19 Å². The summed E-state index contributed by atoms with van der Waals surface area (Å²) in [4.78, 5) is 0. The molecule has 0 saturated carbocycles. The molecule has 0 spiro atoms. The van der Waals surface area contributed by atoms with Crippen molar-refractivity contribution in [3.05, 3.63) is 24.3 Å². The minimum atomic E-state index is -1.37. The van der Waals surface area contributed by atoms with Crippen molar-refractivity contribution in [2.24, 2.45) is 17.8 Å². The summed E-state index contributed by atoms with van der Waals surface area (Å²) in [6.45, 7) is 12.7. The number of hydrogen-bond acceptors (Lipinski definition) is 3. The summed E-state index contributed by atoms with van der Waals surface area (Å²) < 4.78 is 11.7. The Kier molecular flexibility index (Phi) is 33.1. The maximum Gasteiger partial charge on any atom is 0.189 e. The number of aliphatic hydroxyl groups excluding tert-OH is 3. The van der Waals surface area contributed by atoms with Gasteiger partial charge in [0.05, 0.1) is 0 Å². The maximum atomic E-state index is 11.7. The molecule has 0 atom stereocenters. The molecule has 1 rings (SSSR count). The van der Waals surface area contributed by atoms with Gasteiger partial charge in [0.15, 0.2) is 9.85 Å². The Morgan fingerprint density at radius 1 is 0.783 bits per heavy atom. The number of rotatable bonds is 4. The maximum absolute atomic E-state index is 11.7. The van der Waals surface area contributed by atoms with Crippen molar-refractivity contribution >= 4 is 15.0 Å². The summed E-state index contributed by atoms with van der Waals surface area (Å²) in [5.41, 5.74) is 0. The molecule has 3 N–H and O–H groups in total. The third-order valence-corrected chi connectivity index (χ3v) is 2.76. The van der Waals surface area contributed by atoms with Crippen molar-refractivity contribution in [3.8, 4) is 0 Å². The first-order valence-electron chi connectivity index (χ1n) is 7.84. The van der Waals surface area contributed by atoms with Crippen LogP contribution in [-0.4, -0.2) is 45.0 Å². The Morgan fingerprint density at radius 3 is 1.09 bits per heavy atom. The Hall–Kier alpha value is 0.247. The molecule has 0 aliphatic rings. The molecule has 0 amide bonds. The summed E-state index contributed by atoms with van der Waals surface area (Å²) in [5, 5.41) is 25.3. The molecule has 0 fully saturated rings. The van der Waals surface area contributed by atoms with Crippen molar-refractivity contribution in [2.75, 3.05) is 19.8 Å². The minimum absolute atomic E-state index is 0. The predicted octanol–water partition coefficient (Wildman–Crippen LogP) is 1.99. The Labute approximate surface area is 163 Å². The van der Waals surface area contributed by atoms with Crippen LogP contribution in [0.25, 0.3) is 0 Å². The fourth-order valence-corrected chi connectivity index (χ4v) is 0.953. The summed E-state index contributed by atoms with van der Waals surface area (Å²) in [7, 11) is -1.37. The molecule has 0 aliphatic carbocycles. The first-order valence-corrected chi connectivity index (χ1v) is 9.08. The van der Waals surface area contributed by atoms with Crippen LogP contribution in [0, 0.1) is 17.8 Å². The Morgan fingerprint density at radius 2 is 1.00 bits per heavy atom. The summed E-state index contributed by atoms with van der Waals surface area (Å²) in [5.74, 6) is 1.32. The van der Waals surface area contributed by atoms with Gasteiger partial charge in [0.2, 0.25) is 0 Å². The largest absolute Gasteiger partial charge is 0.396 e. The Bertz CT molecular complexity index is 262. The predicted molar refractivity (Wildman–Crippen MR) is 97.1 cm³/mol. The second-order valence-corrected chi connectivity index (χ2v) is 7.24. The number of hydrogen-bond donors (Lipinski definition) is 3. The van der Waals surface area contributed by atoms with Crippen LogP contribution in [0.1, 0.15) is 41.5 Å². The molecular weight excluding hydrogens is 478 g/mol. The van der Waals surface area contributed by atoms with Crippen LogP contribution in [0.3, 0.4) is 0 Å². The molecule has 0 bridgehead atoms. The van der Waals surface area contributed by atoms with Crippen LogP contribution in [-0.2, 0) is 25.8 Å². The zero-order chi connectivity index (χ0) is 18.0. The molecule has 0 unspecified atom stereocenters. The van der Waals surface area contributed by atoms with Crippen LogP contribution in [0.5, 0.6) is 0 Å². The van der Waals surface area contributed by atoms with Gasteiger partial charge in [-0.1, -0.05) is 41.5 Å². The molecule has 1 aromatic rings. The van der Waals surface area contributed by atoms with Gasteiger partial charge < -0.3 is 19.4 Å². The average molecular weight is 514 g/mol. The summed E-state index contributed by atoms with van der Waals surface area (Å²) in [6.07, 6.45) is 0. The van der Waals surface area contributed by atoms with E-state index in [1.807, 2.05) is 65.8 Å². The van der Waals surface area contributed by atoms with Crippen LogP contribution in [0.2, 0.25) is 0 Å². The van der Waals surface area contributed by atoms with Gasteiger partial charge in [0, 0.05) is 45.7 Å². The minimum Gasteiger partial charge on any atom is -0.396 e. The summed E-state index contributed by atoms with van der Waals surface area (Å²) in [6, 6.07) is 7.38. The normalized spacial score (nSPS) is 9.61. The Balaban J connectivity index is -0.000000105. The smallest absolute Gasteiger partial charge is 0.189 e. The molecule has 0 aromatic heterocycles. The van der Waals surface area contributed by atoms with Crippen LogP contribution >= 0.6 is 0 Å². The summed E-state index contributed by atoms with van der Waals surface area (Å²) >= 11 is 0. The zero-order valence-corrected chi connectivity index (χ0v) is 20.6. The van der Waals surface area contributed by atoms with E-state index in [4.69, 9.17) is 15.3 Å². The third kappa shape index (κ3) is 39.2. The molecule has 0 radical (unpaired) electrons. The second kappa shape index (κ2) is 24.5. The third-order valence-electron chi connectivity index (χ3n) is 1.98. The standard InChI is InChI=1S/C5H6FSi.3C4H10O.Hf/c6-7-5-3-1-2-4-5;3*1-4(2)3-5;/h1-4H,7H2;3*4-5H,3H2,1-2H3;/q-1;;;;. The number of aliphatic hydroxyl groups is 3. The van der Waals surface area contributed by atoms with Crippen LogP contribution in [0.4, 0.5) is 4.11 Å². The van der Waals surface area contributed by atoms with Crippen molar-refractivity contribution < 1.29 is 45.3 Å². The van der Waals surface area contributed by atoms with Gasteiger partial charge in [-0.25, -0.2) is 12.1 Å². The van der Waals surface area contributed by atoms with E-state index in [1.54, 1.807) is 0 Å². The number of halogens is 1. The molecule has 6 heteroatoms. The van der Waals surface area contributed by atoms with E-state index in [2.05, 4.69) is 0 Å². The van der Waals surface area contributed by atoms with Gasteiger partial charge in [0.1, 0.15) is 0 Å². The first kappa shape index (κ1) is 31.1. The molecule has 23 heavy (non-hydrogen) atoms. The average Bonchev–Trinajstić information content (AvgIpc) is 3.02. The molecule has 1 aromatic carbocycles. The van der Waals surface area contributed by atoms with Gasteiger partial charge >= 0.3 is 0 Å². The molecule has 0 aliphatic heterocycles. The van der Waals surface area contributed by atoms with Crippen molar-refractivity contribution in [1.82, 2.24) is 0 Å². The molecular formula is C17H36FHfO3Si-.